The second kappa shape index (κ2) is 5.34. The fourth-order valence-electron chi connectivity index (χ4n) is 4.34. The molecule has 2 aliphatic rings. The Morgan fingerprint density at radius 1 is 1.14 bits per heavy atom. The minimum absolute atomic E-state index is 0.550. The van der Waals surface area contributed by atoms with Crippen LogP contribution in [0.5, 0.6) is 0 Å². The molecular formula is C17H24N4. The summed E-state index contributed by atoms with van der Waals surface area (Å²) >= 11 is 0. The van der Waals surface area contributed by atoms with Crippen LogP contribution in [0.4, 0.5) is 5.82 Å². The van der Waals surface area contributed by atoms with E-state index in [1.165, 1.54) is 38.5 Å². The monoisotopic (exact) mass is 284 g/mol. The van der Waals surface area contributed by atoms with Crippen molar-refractivity contribution in [3.8, 4) is 0 Å². The number of pyridine rings is 1. The number of hydrogen-bond acceptors (Lipinski definition) is 3. The smallest absolute Gasteiger partial charge is 0.152 e. The molecular weight excluding hydrogens is 260 g/mol. The van der Waals surface area contributed by atoms with Gasteiger partial charge < -0.3 is 15.0 Å². The van der Waals surface area contributed by atoms with Gasteiger partial charge in [-0.25, -0.2) is 4.98 Å². The molecule has 2 atom stereocenters. The van der Waals surface area contributed by atoms with E-state index in [1.54, 1.807) is 0 Å². The molecule has 21 heavy (non-hydrogen) atoms. The SMILES string of the molecule is NCc1c(N2CCC[C@H]3CCCC[C@H]32)nc2ccccn12. The number of hydrogen-bond donors (Lipinski definition) is 1. The maximum Gasteiger partial charge on any atom is 0.152 e. The number of imidazole rings is 1. The van der Waals surface area contributed by atoms with Gasteiger partial charge in [0, 0.05) is 25.3 Å². The van der Waals surface area contributed by atoms with E-state index in [-0.39, 0.29) is 0 Å². The van der Waals surface area contributed by atoms with Crippen LogP contribution < -0.4 is 10.6 Å². The maximum atomic E-state index is 6.05. The number of nitrogens with zero attached hydrogens (tertiary/aromatic N) is 3. The zero-order valence-corrected chi connectivity index (χ0v) is 12.5. The molecule has 2 N–H and O–H groups in total. The molecule has 0 aromatic carbocycles. The van der Waals surface area contributed by atoms with Gasteiger partial charge in [0.05, 0.1) is 5.69 Å². The molecule has 2 aromatic heterocycles. The van der Waals surface area contributed by atoms with Crippen molar-refractivity contribution in [3.05, 3.63) is 30.1 Å². The van der Waals surface area contributed by atoms with Crippen LogP contribution in [0, 0.1) is 5.92 Å². The number of aromatic nitrogens is 2. The zero-order chi connectivity index (χ0) is 14.2. The average molecular weight is 284 g/mol. The topological polar surface area (TPSA) is 46.6 Å². The van der Waals surface area contributed by atoms with Gasteiger partial charge in [0.2, 0.25) is 0 Å². The molecule has 1 saturated carbocycles. The van der Waals surface area contributed by atoms with Gasteiger partial charge in [-0.05, 0) is 43.7 Å². The third kappa shape index (κ3) is 2.13. The Balaban J connectivity index is 1.77. The highest BCUT2D eigenvalue weighted by Crippen LogP contribution is 2.38. The molecule has 0 amide bonds. The highest BCUT2D eigenvalue weighted by molar-refractivity contribution is 5.57. The Morgan fingerprint density at radius 3 is 2.90 bits per heavy atom. The van der Waals surface area contributed by atoms with E-state index in [9.17, 15) is 0 Å². The Hall–Kier alpha value is -1.55. The summed E-state index contributed by atoms with van der Waals surface area (Å²) < 4.78 is 2.15. The number of rotatable bonds is 2. The highest BCUT2D eigenvalue weighted by Gasteiger charge is 2.35. The first kappa shape index (κ1) is 13.1. The predicted molar refractivity (Wildman–Crippen MR) is 85.4 cm³/mol. The normalized spacial score (nSPS) is 26.0. The molecule has 1 aliphatic heterocycles. The lowest BCUT2D eigenvalue weighted by Crippen LogP contribution is -2.47. The number of anilines is 1. The van der Waals surface area contributed by atoms with Crippen molar-refractivity contribution in [2.75, 3.05) is 11.4 Å². The van der Waals surface area contributed by atoms with E-state index in [1.807, 2.05) is 6.07 Å². The molecule has 112 valence electrons. The van der Waals surface area contributed by atoms with Gasteiger partial charge >= 0.3 is 0 Å². The van der Waals surface area contributed by atoms with Crippen LogP contribution in [-0.4, -0.2) is 22.0 Å². The Bertz CT molecular complexity index is 631. The third-order valence-corrected chi connectivity index (χ3v) is 5.32. The molecule has 4 nitrogen and oxygen atoms in total. The summed E-state index contributed by atoms with van der Waals surface area (Å²) in [5, 5.41) is 0. The standard InChI is InChI=1S/C17H24N4/c18-12-15-17(19-16-9-3-4-10-20(15)16)21-11-5-7-13-6-1-2-8-14(13)21/h3-4,9-10,13-14H,1-2,5-8,11-12,18H2/t13-,14-/m1/s1. The van der Waals surface area contributed by atoms with Crippen molar-refractivity contribution in [1.29, 1.82) is 0 Å². The number of piperidine rings is 1. The molecule has 0 bridgehead atoms. The lowest BCUT2D eigenvalue weighted by atomic mass is 9.78. The van der Waals surface area contributed by atoms with Crippen LogP contribution in [0.15, 0.2) is 24.4 Å². The lowest BCUT2D eigenvalue weighted by Gasteiger charge is -2.44. The molecule has 4 rings (SSSR count). The van der Waals surface area contributed by atoms with Gasteiger partial charge in [-0.15, -0.1) is 0 Å². The van der Waals surface area contributed by atoms with Gasteiger partial charge in [-0.1, -0.05) is 18.9 Å². The maximum absolute atomic E-state index is 6.05. The van der Waals surface area contributed by atoms with Crippen LogP contribution in [0.2, 0.25) is 0 Å². The van der Waals surface area contributed by atoms with Gasteiger partial charge in [-0.2, -0.15) is 0 Å². The summed E-state index contributed by atoms with van der Waals surface area (Å²) in [5.74, 6) is 2.00. The van der Waals surface area contributed by atoms with Crippen LogP contribution in [0.3, 0.4) is 0 Å². The minimum Gasteiger partial charge on any atom is -0.352 e. The molecule has 0 radical (unpaired) electrons. The van der Waals surface area contributed by atoms with Crippen LogP contribution in [-0.2, 0) is 6.54 Å². The first-order valence-corrected chi connectivity index (χ1v) is 8.31. The van der Waals surface area contributed by atoms with E-state index >= 15 is 0 Å². The van der Waals surface area contributed by atoms with Crippen LogP contribution >= 0.6 is 0 Å². The molecule has 0 unspecified atom stereocenters. The highest BCUT2D eigenvalue weighted by atomic mass is 15.3. The fraction of sp³-hybridized carbons (Fsp3) is 0.588. The summed E-state index contributed by atoms with van der Waals surface area (Å²) in [5.41, 5.74) is 8.23. The van der Waals surface area contributed by atoms with Crippen molar-refractivity contribution in [2.24, 2.45) is 11.7 Å². The molecule has 4 heteroatoms. The first-order chi connectivity index (χ1) is 10.4. The van der Waals surface area contributed by atoms with Crippen molar-refractivity contribution in [2.45, 2.75) is 51.1 Å². The van der Waals surface area contributed by atoms with Crippen LogP contribution in [0.1, 0.15) is 44.2 Å². The average Bonchev–Trinajstić information content (AvgIpc) is 2.92. The molecule has 1 saturated heterocycles. The molecule has 2 aromatic rings. The second-order valence-corrected chi connectivity index (χ2v) is 6.46. The number of nitrogens with two attached hydrogens (primary N) is 1. The lowest BCUT2D eigenvalue weighted by molar-refractivity contribution is 0.242. The Labute approximate surface area is 126 Å². The Morgan fingerprint density at radius 2 is 2.00 bits per heavy atom. The Kier molecular flexibility index (Phi) is 3.34. The summed E-state index contributed by atoms with van der Waals surface area (Å²) in [6, 6.07) is 6.86. The van der Waals surface area contributed by atoms with Gasteiger partial charge in [-0.3, -0.25) is 0 Å². The quantitative estimate of drug-likeness (QED) is 0.922. The van der Waals surface area contributed by atoms with Crippen molar-refractivity contribution < 1.29 is 0 Å². The molecule has 1 aliphatic carbocycles. The van der Waals surface area contributed by atoms with E-state index in [0.717, 1.165) is 29.6 Å². The van der Waals surface area contributed by atoms with Gasteiger partial charge in [0.1, 0.15) is 5.65 Å². The summed E-state index contributed by atoms with van der Waals surface area (Å²) in [6.45, 7) is 1.69. The number of fused-ring (bicyclic) bond motifs is 2. The van der Waals surface area contributed by atoms with E-state index in [2.05, 4.69) is 27.6 Å². The van der Waals surface area contributed by atoms with E-state index < -0.39 is 0 Å². The zero-order valence-electron chi connectivity index (χ0n) is 12.5. The summed E-state index contributed by atoms with van der Waals surface area (Å²) in [6.07, 6.45) is 10.3. The van der Waals surface area contributed by atoms with Gasteiger partial charge in [0.25, 0.3) is 0 Å². The van der Waals surface area contributed by atoms with Crippen LogP contribution in [0.25, 0.3) is 5.65 Å². The largest absolute Gasteiger partial charge is 0.352 e. The van der Waals surface area contributed by atoms with Gasteiger partial charge in [0.15, 0.2) is 5.82 Å². The summed E-state index contributed by atoms with van der Waals surface area (Å²) in [7, 11) is 0. The van der Waals surface area contributed by atoms with E-state index in [4.69, 9.17) is 10.7 Å². The predicted octanol–water partition coefficient (Wildman–Crippen LogP) is 2.95. The van der Waals surface area contributed by atoms with Crippen molar-refractivity contribution in [1.82, 2.24) is 9.38 Å². The second-order valence-electron chi connectivity index (χ2n) is 6.46. The van der Waals surface area contributed by atoms with Crippen molar-refractivity contribution >= 4 is 11.5 Å². The fourth-order valence-corrected chi connectivity index (χ4v) is 4.34. The molecule has 2 fully saturated rings. The summed E-state index contributed by atoms with van der Waals surface area (Å²) in [4.78, 5) is 7.48. The van der Waals surface area contributed by atoms with E-state index in [0.29, 0.717) is 12.6 Å². The minimum atomic E-state index is 0.550. The first-order valence-electron chi connectivity index (χ1n) is 8.31. The third-order valence-electron chi connectivity index (χ3n) is 5.32. The molecule has 0 spiro atoms. The van der Waals surface area contributed by atoms with Crippen molar-refractivity contribution in [3.63, 3.8) is 0 Å². The molecule has 3 heterocycles.